The van der Waals surface area contributed by atoms with E-state index in [0.29, 0.717) is 16.9 Å². The number of carbonyl (C=O) groups excluding carboxylic acids is 2. The fraction of sp³-hybridized carbons (Fsp3) is 0.444. The van der Waals surface area contributed by atoms with Crippen LogP contribution in [0.2, 0.25) is 0 Å². The zero-order valence-corrected chi connectivity index (χ0v) is 25.2. The van der Waals surface area contributed by atoms with Crippen LogP contribution in [0.15, 0.2) is 72.8 Å². The van der Waals surface area contributed by atoms with Crippen molar-refractivity contribution >= 4 is 11.9 Å². The van der Waals surface area contributed by atoms with Gasteiger partial charge in [0, 0.05) is 0 Å². The minimum atomic E-state index is -0.521. The molecule has 220 valence electrons. The first kappa shape index (κ1) is 31.9. The summed E-state index contributed by atoms with van der Waals surface area (Å²) in [7, 11) is 0. The molecule has 5 nitrogen and oxygen atoms in total. The van der Waals surface area contributed by atoms with Gasteiger partial charge < -0.3 is 14.2 Å². The van der Waals surface area contributed by atoms with Gasteiger partial charge in [0.25, 0.3) is 0 Å². The van der Waals surface area contributed by atoms with Crippen LogP contribution < -0.4 is 9.47 Å². The zero-order valence-electron chi connectivity index (χ0n) is 25.2. The van der Waals surface area contributed by atoms with Crippen molar-refractivity contribution in [3.05, 3.63) is 83.9 Å². The molecule has 0 aliphatic carbocycles. The summed E-state index contributed by atoms with van der Waals surface area (Å²) in [5, 5.41) is 0. The van der Waals surface area contributed by atoms with Gasteiger partial charge in [0.1, 0.15) is 17.1 Å². The Morgan fingerprint density at radius 2 is 1.07 bits per heavy atom. The highest BCUT2D eigenvalue weighted by Gasteiger charge is 2.23. The van der Waals surface area contributed by atoms with Gasteiger partial charge in [-0.1, -0.05) is 83.1 Å². The van der Waals surface area contributed by atoms with Crippen molar-refractivity contribution in [1.29, 1.82) is 0 Å². The standard InChI is InChI=1S/C36H46O5/c1-5-7-9-10-11-13-27-39-32-22-18-29(19-23-32)28-14-16-30(17-15-28)34(37)40-33-24-20-31(21-25-33)35(38)41-36(3,4)26-12-8-6-2/h14-25H,5-13,26-27H2,1-4H3. The summed E-state index contributed by atoms with van der Waals surface area (Å²) in [5.41, 5.74) is 2.41. The molecule has 0 aliphatic rings. The molecule has 0 amide bonds. The molecule has 0 atom stereocenters. The SMILES string of the molecule is CCCCCCCCOc1ccc(-c2ccc(C(=O)Oc3ccc(C(=O)OC(C)(C)CCCCC)cc3)cc2)cc1. The Balaban J connectivity index is 1.47. The number of rotatable bonds is 17. The Hall–Kier alpha value is -3.60. The first-order chi connectivity index (χ1) is 19.8. The molecule has 0 saturated heterocycles. The fourth-order valence-corrected chi connectivity index (χ4v) is 4.60. The third-order valence-corrected chi connectivity index (χ3v) is 7.13. The van der Waals surface area contributed by atoms with E-state index in [1.54, 1.807) is 36.4 Å². The molecule has 0 saturated carbocycles. The molecule has 0 heterocycles. The maximum absolute atomic E-state index is 12.7. The number of ether oxygens (including phenoxy) is 3. The van der Waals surface area contributed by atoms with Gasteiger partial charge in [0.2, 0.25) is 0 Å². The molecular weight excluding hydrogens is 512 g/mol. The lowest BCUT2D eigenvalue weighted by Gasteiger charge is -2.25. The molecule has 3 aromatic carbocycles. The lowest BCUT2D eigenvalue weighted by atomic mass is 10.0. The predicted molar refractivity (Wildman–Crippen MR) is 166 cm³/mol. The monoisotopic (exact) mass is 558 g/mol. The average Bonchev–Trinajstić information content (AvgIpc) is 2.97. The molecule has 0 aromatic heterocycles. The molecular formula is C36H46O5. The highest BCUT2D eigenvalue weighted by atomic mass is 16.6. The van der Waals surface area contributed by atoms with E-state index in [-0.39, 0.29) is 5.97 Å². The number of esters is 2. The minimum Gasteiger partial charge on any atom is -0.494 e. The second-order valence-electron chi connectivity index (χ2n) is 11.2. The van der Waals surface area contributed by atoms with Crippen LogP contribution in [0, 0.1) is 0 Å². The van der Waals surface area contributed by atoms with Gasteiger partial charge in [0.15, 0.2) is 0 Å². The fourth-order valence-electron chi connectivity index (χ4n) is 4.60. The van der Waals surface area contributed by atoms with Crippen molar-refractivity contribution < 1.29 is 23.8 Å². The molecule has 3 rings (SSSR count). The number of hydrogen-bond donors (Lipinski definition) is 0. The molecule has 0 aliphatic heterocycles. The Kier molecular flexibility index (Phi) is 12.9. The molecule has 0 bridgehead atoms. The summed E-state index contributed by atoms with van der Waals surface area (Å²) in [5.74, 6) is 0.409. The van der Waals surface area contributed by atoms with Crippen molar-refractivity contribution in [2.45, 2.75) is 97.5 Å². The lowest BCUT2D eigenvalue weighted by molar-refractivity contribution is -0.00546. The van der Waals surface area contributed by atoms with E-state index >= 15 is 0 Å². The Morgan fingerprint density at radius 3 is 1.71 bits per heavy atom. The van der Waals surface area contributed by atoms with Crippen LogP contribution in [0.5, 0.6) is 11.5 Å². The highest BCUT2D eigenvalue weighted by Crippen LogP contribution is 2.25. The summed E-state index contributed by atoms with van der Waals surface area (Å²) < 4.78 is 17.1. The van der Waals surface area contributed by atoms with Crippen molar-refractivity contribution in [3.63, 3.8) is 0 Å². The smallest absolute Gasteiger partial charge is 0.343 e. The molecule has 0 spiro atoms. The summed E-state index contributed by atoms with van der Waals surface area (Å²) in [6.45, 7) is 8.99. The number of carbonyl (C=O) groups is 2. The van der Waals surface area contributed by atoms with E-state index in [1.807, 2.05) is 50.2 Å². The van der Waals surface area contributed by atoms with Gasteiger partial charge in [-0.15, -0.1) is 0 Å². The summed E-state index contributed by atoms with van der Waals surface area (Å²) in [6, 6.07) is 21.8. The third kappa shape index (κ3) is 11.1. The van der Waals surface area contributed by atoms with E-state index in [0.717, 1.165) is 55.6 Å². The molecule has 0 N–H and O–H groups in total. The molecule has 0 radical (unpaired) electrons. The van der Waals surface area contributed by atoms with E-state index < -0.39 is 11.6 Å². The highest BCUT2D eigenvalue weighted by molar-refractivity contribution is 5.92. The first-order valence-electron chi connectivity index (χ1n) is 15.2. The van der Waals surface area contributed by atoms with E-state index in [1.165, 1.54) is 32.1 Å². The van der Waals surface area contributed by atoms with Gasteiger partial charge in [0.05, 0.1) is 17.7 Å². The van der Waals surface area contributed by atoms with E-state index in [9.17, 15) is 9.59 Å². The third-order valence-electron chi connectivity index (χ3n) is 7.13. The van der Waals surface area contributed by atoms with Crippen LogP contribution >= 0.6 is 0 Å². The number of hydrogen-bond acceptors (Lipinski definition) is 5. The molecule has 0 fully saturated rings. The first-order valence-corrected chi connectivity index (χ1v) is 15.2. The summed E-state index contributed by atoms with van der Waals surface area (Å²) in [4.78, 5) is 25.3. The van der Waals surface area contributed by atoms with Crippen LogP contribution in [0.3, 0.4) is 0 Å². The van der Waals surface area contributed by atoms with Crippen molar-refractivity contribution in [3.8, 4) is 22.6 Å². The molecule has 3 aromatic rings. The average molecular weight is 559 g/mol. The normalized spacial score (nSPS) is 11.2. The summed E-state index contributed by atoms with van der Waals surface area (Å²) in [6.07, 6.45) is 11.5. The Bertz CT molecular complexity index is 1190. The Morgan fingerprint density at radius 1 is 0.585 bits per heavy atom. The maximum atomic E-state index is 12.7. The topological polar surface area (TPSA) is 61.8 Å². The van der Waals surface area contributed by atoms with Gasteiger partial charge in [-0.3, -0.25) is 0 Å². The van der Waals surface area contributed by atoms with Crippen LogP contribution in [-0.2, 0) is 4.74 Å². The van der Waals surface area contributed by atoms with E-state index in [2.05, 4.69) is 13.8 Å². The van der Waals surface area contributed by atoms with Crippen molar-refractivity contribution in [2.24, 2.45) is 0 Å². The van der Waals surface area contributed by atoms with Gasteiger partial charge in [-0.2, -0.15) is 0 Å². The van der Waals surface area contributed by atoms with Gasteiger partial charge in [-0.25, -0.2) is 9.59 Å². The van der Waals surface area contributed by atoms with Crippen LogP contribution in [0.1, 0.15) is 113 Å². The van der Waals surface area contributed by atoms with E-state index in [4.69, 9.17) is 14.2 Å². The number of benzene rings is 3. The van der Waals surface area contributed by atoms with Crippen molar-refractivity contribution in [1.82, 2.24) is 0 Å². The molecule has 5 heteroatoms. The molecule has 0 unspecified atom stereocenters. The lowest BCUT2D eigenvalue weighted by Crippen LogP contribution is -2.28. The predicted octanol–water partition coefficient (Wildman–Crippen LogP) is 9.83. The molecule has 41 heavy (non-hydrogen) atoms. The second-order valence-corrected chi connectivity index (χ2v) is 11.2. The van der Waals surface area contributed by atoms with Crippen molar-refractivity contribution in [2.75, 3.05) is 6.61 Å². The van der Waals surface area contributed by atoms with Crippen LogP contribution in [0.4, 0.5) is 0 Å². The minimum absolute atomic E-state index is 0.370. The van der Waals surface area contributed by atoms with Crippen LogP contribution in [-0.4, -0.2) is 24.1 Å². The van der Waals surface area contributed by atoms with Gasteiger partial charge >= 0.3 is 11.9 Å². The maximum Gasteiger partial charge on any atom is 0.343 e. The Labute approximate surface area is 246 Å². The quantitative estimate of drug-likeness (QED) is 0.0937. The van der Waals surface area contributed by atoms with Gasteiger partial charge in [-0.05, 0) is 92.8 Å². The van der Waals surface area contributed by atoms with Crippen LogP contribution in [0.25, 0.3) is 11.1 Å². The number of unbranched alkanes of at least 4 members (excludes halogenated alkanes) is 7. The second kappa shape index (κ2) is 16.6. The summed E-state index contributed by atoms with van der Waals surface area (Å²) >= 11 is 0. The zero-order chi connectivity index (χ0) is 29.5. The largest absolute Gasteiger partial charge is 0.494 e.